The number of carbonyl (C=O) groups is 1. The van der Waals surface area contributed by atoms with Crippen LogP contribution in [0.15, 0.2) is 47.6 Å². The van der Waals surface area contributed by atoms with Crippen molar-refractivity contribution < 1.29 is 9.53 Å². The van der Waals surface area contributed by atoms with Gasteiger partial charge in [-0.1, -0.05) is 49.0 Å². The van der Waals surface area contributed by atoms with Gasteiger partial charge in [0, 0.05) is 12.2 Å². The summed E-state index contributed by atoms with van der Waals surface area (Å²) in [4.78, 5) is 12.4. The smallest absolute Gasteiger partial charge is 0.234 e. The van der Waals surface area contributed by atoms with Crippen LogP contribution in [0, 0.1) is 13.8 Å². The first-order valence-electron chi connectivity index (χ1n) is 10.1. The van der Waals surface area contributed by atoms with Crippen molar-refractivity contribution in [2.24, 2.45) is 0 Å². The third-order valence-electron chi connectivity index (χ3n) is 5.03. The molecule has 0 bridgehead atoms. The number of para-hydroxylation sites is 1. The van der Waals surface area contributed by atoms with E-state index in [0.717, 1.165) is 40.0 Å². The number of anilines is 1. The molecule has 0 unspecified atom stereocenters. The van der Waals surface area contributed by atoms with E-state index >= 15 is 0 Å². The Kier molecular flexibility index (Phi) is 7.52. The lowest BCUT2D eigenvalue weighted by molar-refractivity contribution is -0.113. The second-order valence-electron chi connectivity index (χ2n) is 6.98. The summed E-state index contributed by atoms with van der Waals surface area (Å²) in [5, 5.41) is 12.3. The van der Waals surface area contributed by atoms with Crippen LogP contribution in [-0.4, -0.2) is 26.4 Å². The van der Waals surface area contributed by atoms with Crippen LogP contribution in [0.25, 0.3) is 0 Å². The Morgan fingerprint density at radius 1 is 1.10 bits per heavy atom. The first-order valence-corrected chi connectivity index (χ1v) is 11.1. The third-order valence-corrected chi connectivity index (χ3v) is 5.99. The van der Waals surface area contributed by atoms with E-state index in [4.69, 9.17) is 4.74 Å². The van der Waals surface area contributed by atoms with Gasteiger partial charge in [-0.15, -0.1) is 10.2 Å². The minimum atomic E-state index is -0.0558. The summed E-state index contributed by atoms with van der Waals surface area (Å²) in [7, 11) is 0. The minimum absolute atomic E-state index is 0.0558. The number of nitrogens with zero attached hydrogens (tertiary/aromatic N) is 3. The Morgan fingerprint density at radius 3 is 2.67 bits per heavy atom. The number of benzene rings is 2. The molecule has 2 aromatic carbocycles. The molecule has 0 aliphatic carbocycles. The third kappa shape index (κ3) is 5.21. The first kappa shape index (κ1) is 21.9. The Hall–Kier alpha value is -2.80. The van der Waals surface area contributed by atoms with Crippen molar-refractivity contribution in [3.05, 3.63) is 65.0 Å². The predicted molar refractivity (Wildman–Crippen MR) is 121 cm³/mol. The molecule has 0 saturated carbocycles. The number of rotatable bonds is 9. The topological polar surface area (TPSA) is 69.0 Å². The van der Waals surface area contributed by atoms with E-state index in [1.807, 2.05) is 54.8 Å². The summed E-state index contributed by atoms with van der Waals surface area (Å²) in [6.45, 7) is 9.27. The molecule has 0 aliphatic rings. The predicted octanol–water partition coefficient (Wildman–Crippen LogP) is 4.79. The highest BCUT2D eigenvalue weighted by Gasteiger charge is 2.15. The van der Waals surface area contributed by atoms with Crippen molar-refractivity contribution in [2.45, 2.75) is 52.4 Å². The quantitative estimate of drug-likeness (QED) is 0.500. The van der Waals surface area contributed by atoms with Gasteiger partial charge in [0.25, 0.3) is 0 Å². The van der Waals surface area contributed by atoms with Crippen LogP contribution in [-0.2, 0) is 24.4 Å². The molecule has 0 saturated heterocycles. The molecular formula is C23H28N4O2S. The molecule has 3 rings (SSSR count). The number of aromatic nitrogens is 3. The Labute approximate surface area is 182 Å². The van der Waals surface area contributed by atoms with Crippen LogP contribution in [0.1, 0.15) is 36.4 Å². The largest absolute Gasteiger partial charge is 0.485 e. The van der Waals surface area contributed by atoms with E-state index in [-0.39, 0.29) is 11.7 Å². The number of hydrogen-bond donors (Lipinski definition) is 1. The van der Waals surface area contributed by atoms with E-state index in [1.165, 1.54) is 17.3 Å². The molecule has 3 aromatic rings. The fraction of sp³-hybridized carbons (Fsp3) is 0.348. The zero-order valence-electron chi connectivity index (χ0n) is 17.9. The van der Waals surface area contributed by atoms with E-state index in [0.29, 0.717) is 13.2 Å². The fourth-order valence-electron chi connectivity index (χ4n) is 3.14. The van der Waals surface area contributed by atoms with E-state index < -0.39 is 0 Å². The van der Waals surface area contributed by atoms with Gasteiger partial charge in [-0.2, -0.15) is 0 Å². The lowest BCUT2D eigenvalue weighted by Gasteiger charge is -2.12. The molecule has 1 aromatic heterocycles. The van der Waals surface area contributed by atoms with E-state index in [2.05, 4.69) is 35.4 Å². The van der Waals surface area contributed by atoms with Crippen LogP contribution in [0.4, 0.5) is 5.69 Å². The van der Waals surface area contributed by atoms with Crippen molar-refractivity contribution in [1.29, 1.82) is 0 Å². The lowest BCUT2D eigenvalue weighted by atomic mass is 10.1. The van der Waals surface area contributed by atoms with Gasteiger partial charge in [-0.3, -0.25) is 4.79 Å². The van der Waals surface area contributed by atoms with Crippen LogP contribution in [0.2, 0.25) is 0 Å². The average molecular weight is 425 g/mol. The van der Waals surface area contributed by atoms with Gasteiger partial charge in [0.05, 0.1) is 5.75 Å². The van der Waals surface area contributed by atoms with E-state index in [9.17, 15) is 4.79 Å². The number of hydrogen-bond acceptors (Lipinski definition) is 5. The second kappa shape index (κ2) is 10.3. The van der Waals surface area contributed by atoms with Crippen molar-refractivity contribution in [3.63, 3.8) is 0 Å². The van der Waals surface area contributed by atoms with Crippen molar-refractivity contribution >= 4 is 23.4 Å². The normalized spacial score (nSPS) is 10.8. The summed E-state index contributed by atoms with van der Waals surface area (Å²) in [6.07, 6.45) is 0.873. The highest BCUT2D eigenvalue weighted by atomic mass is 32.2. The molecule has 158 valence electrons. The van der Waals surface area contributed by atoms with Gasteiger partial charge in [0.1, 0.15) is 12.4 Å². The van der Waals surface area contributed by atoms with Crippen LogP contribution in [0.5, 0.6) is 5.75 Å². The molecule has 0 fully saturated rings. The van der Waals surface area contributed by atoms with Crippen molar-refractivity contribution in [3.8, 4) is 5.75 Å². The van der Waals surface area contributed by atoms with E-state index in [1.54, 1.807) is 0 Å². The zero-order valence-corrected chi connectivity index (χ0v) is 18.8. The Morgan fingerprint density at radius 2 is 1.90 bits per heavy atom. The molecule has 0 radical (unpaired) electrons. The number of aryl methyl sites for hydroxylation is 2. The number of amides is 1. The van der Waals surface area contributed by atoms with Gasteiger partial charge in [0.15, 0.2) is 11.0 Å². The minimum Gasteiger partial charge on any atom is -0.485 e. The highest BCUT2D eigenvalue weighted by molar-refractivity contribution is 7.99. The summed E-state index contributed by atoms with van der Waals surface area (Å²) < 4.78 is 7.97. The molecule has 0 aliphatic heterocycles. The SMILES string of the molecule is CCc1ccccc1NC(=O)CSc1nnc(COc2cccc(C)c2C)n1CC. The van der Waals surface area contributed by atoms with Gasteiger partial charge in [-0.05, 0) is 56.0 Å². The molecule has 1 N–H and O–H groups in total. The van der Waals surface area contributed by atoms with Crippen LogP contribution < -0.4 is 10.1 Å². The summed E-state index contributed by atoms with van der Waals surface area (Å²) in [5.41, 5.74) is 4.30. The van der Waals surface area contributed by atoms with Crippen molar-refractivity contribution in [2.75, 3.05) is 11.1 Å². The standard InChI is InChI=1S/C23H28N4O2S/c1-5-18-11-7-8-12-19(18)24-22(28)15-30-23-26-25-21(27(23)6-2)14-29-20-13-9-10-16(3)17(20)4/h7-13H,5-6,14-15H2,1-4H3,(H,24,28). The van der Waals surface area contributed by atoms with Gasteiger partial charge in [-0.25, -0.2) is 0 Å². The molecule has 0 spiro atoms. The lowest BCUT2D eigenvalue weighted by Crippen LogP contribution is -2.16. The summed E-state index contributed by atoms with van der Waals surface area (Å²) in [6, 6.07) is 13.9. The van der Waals surface area contributed by atoms with Crippen LogP contribution >= 0.6 is 11.8 Å². The monoisotopic (exact) mass is 424 g/mol. The number of thioether (sulfide) groups is 1. The average Bonchev–Trinajstić information content (AvgIpc) is 3.15. The van der Waals surface area contributed by atoms with Gasteiger partial charge < -0.3 is 14.6 Å². The number of carbonyl (C=O) groups excluding carboxylic acids is 1. The number of nitrogens with one attached hydrogen (secondary N) is 1. The Balaban J connectivity index is 1.61. The zero-order chi connectivity index (χ0) is 21.5. The maximum atomic E-state index is 12.4. The molecular weight excluding hydrogens is 396 g/mol. The molecule has 1 amide bonds. The molecule has 6 nitrogen and oxygen atoms in total. The second-order valence-corrected chi connectivity index (χ2v) is 7.92. The van der Waals surface area contributed by atoms with Crippen molar-refractivity contribution in [1.82, 2.24) is 14.8 Å². The first-order chi connectivity index (χ1) is 14.5. The fourth-order valence-corrected chi connectivity index (χ4v) is 3.96. The molecule has 30 heavy (non-hydrogen) atoms. The maximum Gasteiger partial charge on any atom is 0.234 e. The molecule has 1 heterocycles. The molecule has 7 heteroatoms. The number of ether oxygens (including phenoxy) is 1. The van der Waals surface area contributed by atoms with Gasteiger partial charge in [0.2, 0.25) is 5.91 Å². The van der Waals surface area contributed by atoms with Crippen LogP contribution in [0.3, 0.4) is 0 Å². The van der Waals surface area contributed by atoms with Gasteiger partial charge >= 0.3 is 0 Å². The summed E-state index contributed by atoms with van der Waals surface area (Å²) >= 11 is 1.38. The molecule has 0 atom stereocenters. The Bertz CT molecular complexity index is 1020. The highest BCUT2D eigenvalue weighted by Crippen LogP contribution is 2.23. The maximum absolute atomic E-state index is 12.4. The summed E-state index contributed by atoms with van der Waals surface area (Å²) in [5.74, 6) is 1.81.